The topological polar surface area (TPSA) is 85.1 Å². The highest BCUT2D eigenvalue weighted by Crippen LogP contribution is 2.23. The van der Waals surface area contributed by atoms with Gasteiger partial charge in [-0.3, -0.25) is 14.9 Å². The van der Waals surface area contributed by atoms with Crippen molar-refractivity contribution < 1.29 is 9.59 Å². The molecule has 1 aromatic rings. The Morgan fingerprint density at radius 2 is 2.20 bits per heavy atom. The van der Waals surface area contributed by atoms with E-state index >= 15 is 0 Å². The Kier molecular flexibility index (Phi) is 2.37. The number of rotatable bonds is 1. The Morgan fingerprint density at radius 3 is 2.87 bits per heavy atom. The molecule has 78 valence electrons. The summed E-state index contributed by atoms with van der Waals surface area (Å²) in [6, 6.07) is 5.16. The third-order valence-electron chi connectivity index (χ3n) is 2.39. The molecule has 1 saturated heterocycles. The molecule has 1 aliphatic heterocycles. The van der Waals surface area contributed by atoms with Gasteiger partial charge in [-0.15, -0.1) is 0 Å². The van der Waals surface area contributed by atoms with Gasteiger partial charge in [0.15, 0.2) is 0 Å². The molecule has 0 spiro atoms. The van der Waals surface area contributed by atoms with Crippen molar-refractivity contribution >= 4 is 17.6 Å². The lowest BCUT2D eigenvalue weighted by molar-refractivity contribution is -0.134. The zero-order chi connectivity index (χ0) is 10.8. The van der Waals surface area contributed by atoms with E-state index in [2.05, 4.69) is 10.3 Å². The number of amides is 2. The molecule has 2 heterocycles. The van der Waals surface area contributed by atoms with Crippen LogP contribution in [0, 0.1) is 0 Å². The van der Waals surface area contributed by atoms with Crippen molar-refractivity contribution in [2.75, 3.05) is 5.73 Å². The van der Waals surface area contributed by atoms with E-state index in [1.165, 1.54) is 0 Å². The van der Waals surface area contributed by atoms with Gasteiger partial charge in [0.05, 0.1) is 11.6 Å². The van der Waals surface area contributed by atoms with Crippen LogP contribution >= 0.6 is 0 Å². The molecule has 15 heavy (non-hydrogen) atoms. The summed E-state index contributed by atoms with van der Waals surface area (Å²) in [5.41, 5.74) is 6.15. The Balaban J connectivity index is 2.24. The van der Waals surface area contributed by atoms with E-state index in [9.17, 15) is 9.59 Å². The Hall–Kier alpha value is -1.91. The van der Waals surface area contributed by atoms with E-state index in [-0.39, 0.29) is 17.7 Å². The van der Waals surface area contributed by atoms with Crippen LogP contribution in [0.5, 0.6) is 0 Å². The number of imide groups is 1. The van der Waals surface area contributed by atoms with E-state index in [1.54, 1.807) is 18.2 Å². The Labute approximate surface area is 86.7 Å². The zero-order valence-electron chi connectivity index (χ0n) is 8.06. The van der Waals surface area contributed by atoms with Crippen molar-refractivity contribution in [3.8, 4) is 0 Å². The number of hydrogen-bond donors (Lipinski definition) is 2. The van der Waals surface area contributed by atoms with Gasteiger partial charge in [0.1, 0.15) is 5.82 Å². The molecule has 0 bridgehead atoms. The first-order valence-corrected chi connectivity index (χ1v) is 4.73. The van der Waals surface area contributed by atoms with E-state index in [1.807, 2.05) is 0 Å². The van der Waals surface area contributed by atoms with E-state index in [0.29, 0.717) is 24.4 Å². The zero-order valence-corrected chi connectivity index (χ0v) is 8.06. The summed E-state index contributed by atoms with van der Waals surface area (Å²) in [6.07, 6.45) is 0.855. The summed E-state index contributed by atoms with van der Waals surface area (Å²) in [6.45, 7) is 0. The first-order chi connectivity index (χ1) is 7.16. The standard InChI is InChI=1S/C10H11N3O2/c11-8-3-1-2-7(12-8)6-4-5-9(14)13-10(6)15/h1-3,6H,4-5H2,(H2,11,12)(H,13,14,15). The lowest BCUT2D eigenvalue weighted by Gasteiger charge is -2.20. The predicted octanol–water partition coefficient (Wildman–Crippen LogP) is 0.184. The van der Waals surface area contributed by atoms with E-state index < -0.39 is 0 Å². The highest BCUT2D eigenvalue weighted by Gasteiger charge is 2.28. The van der Waals surface area contributed by atoms with Crippen LogP contribution in [0.1, 0.15) is 24.5 Å². The maximum atomic E-state index is 11.5. The van der Waals surface area contributed by atoms with Gasteiger partial charge in [0, 0.05) is 6.42 Å². The summed E-state index contributed by atoms with van der Waals surface area (Å²) < 4.78 is 0. The van der Waals surface area contributed by atoms with Gasteiger partial charge in [0.2, 0.25) is 11.8 Å². The summed E-state index contributed by atoms with van der Waals surface area (Å²) in [4.78, 5) is 26.5. The molecule has 1 aliphatic rings. The average Bonchev–Trinajstić information content (AvgIpc) is 2.17. The quantitative estimate of drug-likeness (QED) is 0.640. The number of carbonyl (C=O) groups excluding carboxylic acids is 2. The summed E-state index contributed by atoms with van der Waals surface area (Å²) in [5.74, 6) is -0.479. The minimum atomic E-state index is -0.355. The van der Waals surface area contributed by atoms with E-state index in [0.717, 1.165) is 0 Å². The van der Waals surface area contributed by atoms with Gasteiger partial charge in [-0.1, -0.05) is 6.07 Å². The second kappa shape index (κ2) is 3.68. The highest BCUT2D eigenvalue weighted by atomic mass is 16.2. The molecule has 1 atom stereocenters. The molecular formula is C10H11N3O2. The lowest BCUT2D eigenvalue weighted by Crippen LogP contribution is -2.39. The molecule has 0 aromatic carbocycles. The number of anilines is 1. The largest absolute Gasteiger partial charge is 0.384 e. The molecule has 2 rings (SSSR count). The van der Waals surface area contributed by atoms with Crippen LogP contribution in [0.2, 0.25) is 0 Å². The van der Waals surface area contributed by atoms with Crippen molar-refractivity contribution in [1.29, 1.82) is 0 Å². The van der Waals surface area contributed by atoms with Crippen LogP contribution in [-0.2, 0) is 9.59 Å². The second-order valence-electron chi connectivity index (χ2n) is 3.49. The number of pyridine rings is 1. The maximum Gasteiger partial charge on any atom is 0.235 e. The molecule has 3 N–H and O–H groups in total. The van der Waals surface area contributed by atoms with Crippen LogP contribution < -0.4 is 11.1 Å². The molecule has 5 heteroatoms. The van der Waals surface area contributed by atoms with Crippen LogP contribution in [0.25, 0.3) is 0 Å². The number of nitrogens with two attached hydrogens (primary N) is 1. The number of aromatic nitrogens is 1. The smallest absolute Gasteiger partial charge is 0.235 e. The van der Waals surface area contributed by atoms with Gasteiger partial charge in [-0.25, -0.2) is 4.98 Å². The van der Waals surface area contributed by atoms with Crippen molar-refractivity contribution in [2.45, 2.75) is 18.8 Å². The molecule has 5 nitrogen and oxygen atoms in total. The summed E-state index contributed by atoms with van der Waals surface area (Å²) in [5, 5.41) is 2.29. The fourth-order valence-corrected chi connectivity index (χ4v) is 1.64. The van der Waals surface area contributed by atoms with Crippen molar-refractivity contribution in [3.05, 3.63) is 23.9 Å². The van der Waals surface area contributed by atoms with Gasteiger partial charge in [-0.2, -0.15) is 0 Å². The van der Waals surface area contributed by atoms with Crippen LogP contribution in [0.4, 0.5) is 5.82 Å². The predicted molar refractivity (Wildman–Crippen MR) is 53.8 cm³/mol. The van der Waals surface area contributed by atoms with Crippen LogP contribution in [-0.4, -0.2) is 16.8 Å². The molecule has 1 aromatic heterocycles. The first kappa shape index (κ1) is 9.64. The minimum absolute atomic E-state index is 0.222. The second-order valence-corrected chi connectivity index (χ2v) is 3.49. The monoisotopic (exact) mass is 205 g/mol. The first-order valence-electron chi connectivity index (χ1n) is 4.73. The summed E-state index contributed by atoms with van der Waals surface area (Å²) >= 11 is 0. The summed E-state index contributed by atoms with van der Waals surface area (Å²) in [7, 11) is 0. The lowest BCUT2D eigenvalue weighted by atomic mass is 9.94. The molecule has 2 amide bonds. The van der Waals surface area contributed by atoms with Gasteiger partial charge >= 0.3 is 0 Å². The normalized spacial score (nSPS) is 21.2. The van der Waals surface area contributed by atoms with Gasteiger partial charge in [0.25, 0.3) is 0 Å². The molecule has 1 fully saturated rings. The third-order valence-corrected chi connectivity index (χ3v) is 2.39. The number of piperidine rings is 1. The van der Waals surface area contributed by atoms with Crippen molar-refractivity contribution in [3.63, 3.8) is 0 Å². The van der Waals surface area contributed by atoms with Crippen LogP contribution in [0.15, 0.2) is 18.2 Å². The van der Waals surface area contributed by atoms with Crippen molar-refractivity contribution in [1.82, 2.24) is 10.3 Å². The fourth-order valence-electron chi connectivity index (χ4n) is 1.64. The molecule has 0 aliphatic carbocycles. The maximum absolute atomic E-state index is 11.5. The number of nitrogen functional groups attached to an aromatic ring is 1. The molecule has 0 saturated carbocycles. The van der Waals surface area contributed by atoms with Crippen LogP contribution in [0.3, 0.4) is 0 Å². The average molecular weight is 205 g/mol. The van der Waals surface area contributed by atoms with Crippen molar-refractivity contribution in [2.24, 2.45) is 0 Å². The number of nitrogens with one attached hydrogen (secondary N) is 1. The van der Waals surface area contributed by atoms with E-state index in [4.69, 9.17) is 5.73 Å². The highest BCUT2D eigenvalue weighted by molar-refractivity contribution is 6.00. The minimum Gasteiger partial charge on any atom is -0.384 e. The number of hydrogen-bond acceptors (Lipinski definition) is 4. The fraction of sp³-hybridized carbons (Fsp3) is 0.300. The Bertz CT molecular complexity index is 417. The van der Waals surface area contributed by atoms with Gasteiger partial charge < -0.3 is 5.73 Å². The molecule has 1 unspecified atom stereocenters. The SMILES string of the molecule is Nc1cccc(C2CCC(=O)NC2=O)n1. The Morgan fingerprint density at radius 1 is 1.40 bits per heavy atom. The molecule has 0 radical (unpaired) electrons. The van der Waals surface area contributed by atoms with Gasteiger partial charge in [-0.05, 0) is 18.6 Å². The third kappa shape index (κ3) is 1.96. The number of carbonyl (C=O) groups is 2. The number of nitrogens with zero attached hydrogens (tertiary/aromatic N) is 1. The molecular weight excluding hydrogens is 194 g/mol.